The third-order valence-corrected chi connectivity index (χ3v) is 5.00. The van der Waals surface area contributed by atoms with Crippen LogP contribution in [0.15, 0.2) is 60.2 Å². The van der Waals surface area contributed by atoms with E-state index in [1.165, 1.54) is 27.8 Å². The van der Waals surface area contributed by atoms with Crippen LogP contribution >= 0.6 is 0 Å². The molecule has 0 radical (unpaired) electrons. The van der Waals surface area contributed by atoms with E-state index < -0.39 is 5.41 Å². The zero-order valence-corrected chi connectivity index (χ0v) is 14.3. The monoisotopic (exact) mass is 304 g/mol. The van der Waals surface area contributed by atoms with E-state index in [1.807, 2.05) is 13.0 Å². The summed E-state index contributed by atoms with van der Waals surface area (Å²) in [5, 5.41) is 0. The molecule has 0 aromatic carbocycles. The van der Waals surface area contributed by atoms with Crippen molar-refractivity contribution < 1.29 is 4.79 Å². The van der Waals surface area contributed by atoms with Gasteiger partial charge in [0.2, 0.25) is 0 Å². The first-order valence-electron chi connectivity index (χ1n) is 8.31. The Balaban J connectivity index is 2.19. The Kier molecular flexibility index (Phi) is 3.97. The SMILES string of the molecule is CC1=CC(c2ccc3cccc(C(C)C)cc2-3)C(C)(C=O)C=C1. The van der Waals surface area contributed by atoms with Gasteiger partial charge in [-0.3, -0.25) is 0 Å². The fourth-order valence-electron chi connectivity index (χ4n) is 3.40. The highest BCUT2D eigenvalue weighted by atomic mass is 16.1. The lowest BCUT2D eigenvalue weighted by molar-refractivity contribution is -0.113. The Labute approximate surface area is 139 Å². The molecule has 0 N–H and O–H groups in total. The minimum atomic E-state index is -0.479. The van der Waals surface area contributed by atoms with Crippen LogP contribution in [0, 0.1) is 5.41 Å². The molecule has 0 aromatic heterocycles. The summed E-state index contributed by atoms with van der Waals surface area (Å²) in [6.45, 7) is 8.55. The van der Waals surface area contributed by atoms with Gasteiger partial charge in [0.25, 0.3) is 0 Å². The van der Waals surface area contributed by atoms with E-state index in [9.17, 15) is 4.79 Å². The van der Waals surface area contributed by atoms with Gasteiger partial charge in [0, 0.05) is 5.92 Å². The summed E-state index contributed by atoms with van der Waals surface area (Å²) in [6.07, 6.45) is 7.41. The van der Waals surface area contributed by atoms with Crippen molar-refractivity contribution >= 4 is 6.29 Å². The van der Waals surface area contributed by atoms with Crippen LogP contribution in [-0.4, -0.2) is 6.29 Å². The highest BCUT2D eigenvalue weighted by Crippen LogP contribution is 2.45. The summed E-state index contributed by atoms with van der Waals surface area (Å²) < 4.78 is 0. The maximum Gasteiger partial charge on any atom is 0.130 e. The quantitative estimate of drug-likeness (QED) is 0.663. The van der Waals surface area contributed by atoms with Crippen LogP contribution in [-0.2, 0) is 4.79 Å². The van der Waals surface area contributed by atoms with Gasteiger partial charge >= 0.3 is 0 Å². The first kappa shape index (κ1) is 15.7. The van der Waals surface area contributed by atoms with Crippen LogP contribution in [0.4, 0.5) is 0 Å². The molecule has 0 spiro atoms. The van der Waals surface area contributed by atoms with Gasteiger partial charge in [-0.05, 0) is 42.0 Å². The number of carbonyl (C=O) groups is 1. The Hall–Kier alpha value is -2.15. The minimum Gasteiger partial charge on any atom is -0.302 e. The predicted octanol–water partition coefficient (Wildman–Crippen LogP) is 5.72. The molecule has 23 heavy (non-hydrogen) atoms. The molecular weight excluding hydrogens is 280 g/mol. The standard InChI is InChI=1S/C22H24O/c1-15(2)18-7-5-6-17-8-9-19(20(17)13-18)21-12-16(3)10-11-22(21,4)14-23/h5-15,21H,1-4H3. The fourth-order valence-corrected chi connectivity index (χ4v) is 3.40. The average Bonchev–Trinajstić information content (AvgIpc) is 2.78. The predicted molar refractivity (Wildman–Crippen MR) is 97.0 cm³/mol. The van der Waals surface area contributed by atoms with E-state index >= 15 is 0 Å². The van der Waals surface area contributed by atoms with Crippen LogP contribution in [0.1, 0.15) is 50.7 Å². The second-order valence-corrected chi connectivity index (χ2v) is 7.19. The minimum absolute atomic E-state index is 0.0879. The summed E-state index contributed by atoms with van der Waals surface area (Å²) in [7, 11) is 0. The summed E-state index contributed by atoms with van der Waals surface area (Å²) in [5.41, 5.74) is 5.81. The average molecular weight is 304 g/mol. The molecule has 2 unspecified atom stereocenters. The summed E-state index contributed by atoms with van der Waals surface area (Å²) in [5.74, 6) is 0.569. The maximum absolute atomic E-state index is 11.8. The van der Waals surface area contributed by atoms with Crippen LogP contribution in [0.5, 0.6) is 0 Å². The Morgan fingerprint density at radius 2 is 1.96 bits per heavy atom. The first-order valence-corrected chi connectivity index (χ1v) is 8.31. The van der Waals surface area contributed by atoms with Crippen LogP contribution in [0.3, 0.4) is 0 Å². The molecule has 0 saturated heterocycles. The number of hydrogen-bond donors (Lipinski definition) is 0. The van der Waals surface area contributed by atoms with Crippen molar-refractivity contribution in [1.82, 2.24) is 0 Å². The summed E-state index contributed by atoms with van der Waals surface area (Å²) in [4.78, 5) is 11.8. The Morgan fingerprint density at radius 1 is 1.17 bits per heavy atom. The van der Waals surface area contributed by atoms with Gasteiger partial charge in [0.05, 0.1) is 5.41 Å². The van der Waals surface area contributed by atoms with Gasteiger partial charge in [-0.25, -0.2) is 0 Å². The van der Waals surface area contributed by atoms with Crippen molar-refractivity contribution in [2.24, 2.45) is 5.41 Å². The van der Waals surface area contributed by atoms with Gasteiger partial charge < -0.3 is 4.79 Å². The lowest BCUT2D eigenvalue weighted by atomic mass is 9.70. The molecule has 1 nitrogen and oxygen atoms in total. The highest BCUT2D eigenvalue weighted by Gasteiger charge is 2.35. The smallest absolute Gasteiger partial charge is 0.130 e. The molecule has 0 heterocycles. The third kappa shape index (κ3) is 2.76. The number of aldehydes is 1. The van der Waals surface area contributed by atoms with Crippen molar-refractivity contribution in [3.63, 3.8) is 0 Å². The van der Waals surface area contributed by atoms with E-state index in [0.717, 1.165) is 6.29 Å². The molecule has 1 heteroatoms. The van der Waals surface area contributed by atoms with Gasteiger partial charge in [-0.15, -0.1) is 0 Å². The van der Waals surface area contributed by atoms with Gasteiger partial charge in [0.15, 0.2) is 0 Å². The van der Waals surface area contributed by atoms with E-state index in [0.29, 0.717) is 5.92 Å². The topological polar surface area (TPSA) is 17.1 Å². The molecule has 3 aliphatic carbocycles. The zero-order valence-electron chi connectivity index (χ0n) is 14.3. The van der Waals surface area contributed by atoms with Crippen LogP contribution < -0.4 is 0 Å². The molecule has 0 aromatic rings. The molecule has 0 amide bonds. The number of carbonyl (C=O) groups excluding carboxylic acids is 1. The van der Waals surface area contributed by atoms with E-state index in [4.69, 9.17) is 0 Å². The molecule has 3 rings (SSSR count). The van der Waals surface area contributed by atoms with Crippen molar-refractivity contribution in [3.05, 3.63) is 71.3 Å². The highest BCUT2D eigenvalue weighted by molar-refractivity contribution is 5.76. The Morgan fingerprint density at radius 3 is 2.65 bits per heavy atom. The number of allylic oxidation sites excluding steroid dienone is 4. The van der Waals surface area contributed by atoms with Crippen molar-refractivity contribution in [3.8, 4) is 11.1 Å². The number of rotatable bonds is 3. The fraction of sp³-hybridized carbons (Fsp3) is 0.318. The lowest BCUT2D eigenvalue weighted by Gasteiger charge is -2.31. The van der Waals surface area contributed by atoms with Crippen molar-refractivity contribution in [2.45, 2.75) is 39.5 Å². The molecule has 3 aliphatic rings. The van der Waals surface area contributed by atoms with E-state index in [-0.39, 0.29) is 5.92 Å². The van der Waals surface area contributed by atoms with Gasteiger partial charge in [-0.1, -0.05) is 74.0 Å². The van der Waals surface area contributed by atoms with E-state index in [2.05, 4.69) is 69.3 Å². The normalized spacial score (nSPS) is 24.0. The Bertz CT molecular complexity index is 766. The second kappa shape index (κ2) is 5.81. The first-order chi connectivity index (χ1) is 10.9. The number of fused-ring (bicyclic) bond motifs is 1. The van der Waals surface area contributed by atoms with Gasteiger partial charge in [-0.2, -0.15) is 0 Å². The number of hydrogen-bond acceptors (Lipinski definition) is 1. The second-order valence-electron chi connectivity index (χ2n) is 7.19. The summed E-state index contributed by atoms with van der Waals surface area (Å²) >= 11 is 0. The third-order valence-electron chi connectivity index (χ3n) is 5.00. The molecule has 0 saturated carbocycles. The molecule has 2 atom stereocenters. The molecule has 118 valence electrons. The largest absolute Gasteiger partial charge is 0.302 e. The molecule has 0 bridgehead atoms. The van der Waals surface area contributed by atoms with Crippen LogP contribution in [0.2, 0.25) is 0 Å². The maximum atomic E-state index is 11.8. The van der Waals surface area contributed by atoms with Crippen molar-refractivity contribution in [2.75, 3.05) is 0 Å². The van der Waals surface area contributed by atoms with Gasteiger partial charge in [0.1, 0.15) is 6.29 Å². The zero-order chi connectivity index (χ0) is 16.6. The molecule has 0 aliphatic heterocycles. The summed E-state index contributed by atoms with van der Waals surface area (Å²) in [6, 6.07) is 13.1. The van der Waals surface area contributed by atoms with Crippen molar-refractivity contribution in [1.29, 1.82) is 0 Å². The van der Waals surface area contributed by atoms with Crippen LogP contribution in [0.25, 0.3) is 11.1 Å². The molecular formula is C22H24O. The lowest BCUT2D eigenvalue weighted by Crippen LogP contribution is -2.26. The molecule has 0 fully saturated rings. The van der Waals surface area contributed by atoms with E-state index in [1.54, 1.807) is 0 Å².